The van der Waals surface area contributed by atoms with Crippen LogP contribution in [0.1, 0.15) is 5.69 Å². The quantitative estimate of drug-likeness (QED) is 0.770. The molecule has 0 atom stereocenters. The van der Waals surface area contributed by atoms with Gasteiger partial charge in [0.1, 0.15) is 0 Å². The number of hydrogen-bond acceptors (Lipinski definition) is 3. The first-order valence-electron chi connectivity index (χ1n) is 3.99. The van der Waals surface area contributed by atoms with Crippen LogP contribution >= 0.6 is 35.2 Å². The van der Waals surface area contributed by atoms with Crippen LogP contribution in [0.25, 0.3) is 10.6 Å². The van der Waals surface area contributed by atoms with Gasteiger partial charge in [0.15, 0.2) is 4.77 Å². The Morgan fingerprint density at radius 2 is 2.29 bits per heavy atom. The van der Waals surface area contributed by atoms with Crippen molar-refractivity contribution in [3.05, 3.63) is 33.0 Å². The summed E-state index contributed by atoms with van der Waals surface area (Å²) >= 11 is 12.3. The highest BCUT2D eigenvalue weighted by Gasteiger charge is 2.03. The van der Waals surface area contributed by atoms with E-state index in [1.807, 2.05) is 25.1 Å². The lowest BCUT2D eigenvalue weighted by atomic mass is 10.3. The number of aryl methyl sites for hydroxylation is 1. The third-order valence-electron chi connectivity index (χ3n) is 1.70. The summed E-state index contributed by atoms with van der Waals surface area (Å²) < 4.78 is 1.27. The van der Waals surface area contributed by atoms with Gasteiger partial charge in [0.05, 0.1) is 14.9 Å². The summed E-state index contributed by atoms with van der Waals surface area (Å²) in [5, 5.41) is 0. The molecule has 0 bridgehead atoms. The molecule has 0 radical (unpaired) electrons. The van der Waals surface area contributed by atoms with Crippen LogP contribution in [0.4, 0.5) is 0 Å². The molecule has 0 fully saturated rings. The molecule has 2 heterocycles. The van der Waals surface area contributed by atoms with Gasteiger partial charge in [-0.05, 0) is 37.3 Å². The van der Waals surface area contributed by atoms with E-state index in [1.54, 1.807) is 0 Å². The van der Waals surface area contributed by atoms with Gasteiger partial charge < -0.3 is 4.98 Å². The van der Waals surface area contributed by atoms with E-state index in [0.29, 0.717) is 4.77 Å². The molecule has 0 amide bonds. The minimum Gasteiger partial charge on any atom is -0.335 e. The molecule has 2 aromatic heterocycles. The highest BCUT2D eigenvalue weighted by molar-refractivity contribution is 7.71. The van der Waals surface area contributed by atoms with Crippen LogP contribution in [0.5, 0.6) is 0 Å². The largest absolute Gasteiger partial charge is 0.335 e. The summed E-state index contributed by atoms with van der Waals surface area (Å²) in [7, 11) is 0. The number of rotatable bonds is 1. The second kappa shape index (κ2) is 3.81. The smallest absolute Gasteiger partial charge is 0.197 e. The van der Waals surface area contributed by atoms with Crippen LogP contribution < -0.4 is 0 Å². The maximum absolute atomic E-state index is 5.85. The minimum atomic E-state index is 0.504. The van der Waals surface area contributed by atoms with E-state index in [-0.39, 0.29) is 0 Å². The molecular formula is C9H7ClN2S2. The van der Waals surface area contributed by atoms with E-state index in [1.165, 1.54) is 11.3 Å². The molecule has 0 spiro atoms. The number of nitrogens with one attached hydrogen (secondary N) is 1. The zero-order valence-electron chi connectivity index (χ0n) is 7.37. The average molecular weight is 243 g/mol. The van der Waals surface area contributed by atoms with Gasteiger partial charge in [-0.3, -0.25) is 0 Å². The molecule has 0 aliphatic rings. The Hall–Kier alpha value is -0.710. The summed E-state index contributed by atoms with van der Waals surface area (Å²) in [4.78, 5) is 8.23. The fourth-order valence-corrected chi connectivity index (χ4v) is 2.42. The van der Waals surface area contributed by atoms with E-state index in [0.717, 1.165) is 20.6 Å². The van der Waals surface area contributed by atoms with Gasteiger partial charge in [0.2, 0.25) is 0 Å². The molecule has 0 aromatic carbocycles. The highest BCUT2D eigenvalue weighted by atomic mass is 35.5. The van der Waals surface area contributed by atoms with Crippen LogP contribution in [-0.2, 0) is 0 Å². The fourth-order valence-electron chi connectivity index (χ4n) is 1.16. The minimum absolute atomic E-state index is 0.504. The average Bonchev–Trinajstić information content (AvgIpc) is 2.50. The molecule has 0 aliphatic heterocycles. The number of halogens is 1. The van der Waals surface area contributed by atoms with Gasteiger partial charge in [0, 0.05) is 5.69 Å². The Balaban J connectivity index is 2.56. The molecule has 2 nitrogen and oxygen atoms in total. The summed E-state index contributed by atoms with van der Waals surface area (Å²) in [5.41, 5.74) is 1.88. The van der Waals surface area contributed by atoms with Crippen molar-refractivity contribution in [1.29, 1.82) is 0 Å². The third kappa shape index (κ3) is 2.03. The van der Waals surface area contributed by atoms with Crippen LogP contribution in [0, 0.1) is 11.7 Å². The predicted octanol–water partition coefficient (Wildman–Crippen LogP) is 3.83. The van der Waals surface area contributed by atoms with E-state index < -0.39 is 0 Å². The van der Waals surface area contributed by atoms with Gasteiger partial charge in [-0.2, -0.15) is 0 Å². The number of hydrogen-bond donors (Lipinski definition) is 1. The van der Waals surface area contributed by atoms with Crippen LogP contribution in [-0.4, -0.2) is 9.97 Å². The molecule has 14 heavy (non-hydrogen) atoms. The molecular weight excluding hydrogens is 236 g/mol. The number of aromatic amines is 1. The van der Waals surface area contributed by atoms with E-state index in [4.69, 9.17) is 23.8 Å². The number of aromatic nitrogens is 2. The van der Waals surface area contributed by atoms with Crippen LogP contribution in [0.3, 0.4) is 0 Å². The Morgan fingerprint density at radius 3 is 2.86 bits per heavy atom. The Bertz CT molecular complexity index is 516. The lowest BCUT2D eigenvalue weighted by Crippen LogP contribution is -1.88. The van der Waals surface area contributed by atoms with Crippen molar-refractivity contribution in [3.63, 3.8) is 0 Å². The molecule has 0 aliphatic carbocycles. The zero-order chi connectivity index (χ0) is 10.1. The van der Waals surface area contributed by atoms with Gasteiger partial charge in [-0.25, -0.2) is 4.98 Å². The number of thiophene rings is 1. The number of H-pyrrole nitrogens is 1. The Labute approximate surface area is 95.6 Å². The second-order valence-electron chi connectivity index (χ2n) is 2.86. The lowest BCUT2D eigenvalue weighted by molar-refractivity contribution is 1.08. The highest BCUT2D eigenvalue weighted by Crippen LogP contribution is 2.29. The van der Waals surface area contributed by atoms with Crippen LogP contribution in [0.2, 0.25) is 4.34 Å². The first-order chi connectivity index (χ1) is 6.65. The van der Waals surface area contributed by atoms with Crippen molar-refractivity contribution >= 4 is 35.2 Å². The SMILES string of the molecule is Cc1cc(-c2ccc(Cl)s2)nc(=S)[nH]1. The first-order valence-corrected chi connectivity index (χ1v) is 5.59. The van der Waals surface area contributed by atoms with Crippen LogP contribution in [0.15, 0.2) is 18.2 Å². The topological polar surface area (TPSA) is 28.7 Å². The molecule has 0 saturated carbocycles. The summed E-state index contributed by atoms with van der Waals surface area (Å²) in [6, 6.07) is 5.76. The van der Waals surface area contributed by atoms with E-state index >= 15 is 0 Å². The zero-order valence-corrected chi connectivity index (χ0v) is 9.76. The summed E-state index contributed by atoms with van der Waals surface area (Å²) in [6.07, 6.45) is 0. The molecule has 2 aromatic rings. The Morgan fingerprint density at radius 1 is 1.50 bits per heavy atom. The maximum atomic E-state index is 5.85. The molecule has 2 rings (SSSR count). The summed E-state index contributed by atoms with van der Waals surface area (Å²) in [5.74, 6) is 0. The maximum Gasteiger partial charge on any atom is 0.197 e. The third-order valence-corrected chi connectivity index (χ3v) is 3.15. The molecule has 1 N–H and O–H groups in total. The van der Waals surface area contributed by atoms with Gasteiger partial charge in [0.25, 0.3) is 0 Å². The Kier molecular flexibility index (Phi) is 2.67. The van der Waals surface area contributed by atoms with Crippen molar-refractivity contribution < 1.29 is 0 Å². The van der Waals surface area contributed by atoms with Gasteiger partial charge >= 0.3 is 0 Å². The molecule has 72 valence electrons. The van der Waals surface area contributed by atoms with E-state index in [9.17, 15) is 0 Å². The fraction of sp³-hybridized carbons (Fsp3) is 0.111. The van der Waals surface area contributed by atoms with Crippen molar-refractivity contribution in [2.24, 2.45) is 0 Å². The van der Waals surface area contributed by atoms with Gasteiger partial charge in [-0.15, -0.1) is 11.3 Å². The van der Waals surface area contributed by atoms with Crippen molar-refractivity contribution in [2.75, 3.05) is 0 Å². The van der Waals surface area contributed by atoms with E-state index in [2.05, 4.69) is 9.97 Å². The summed E-state index contributed by atoms with van der Waals surface area (Å²) in [6.45, 7) is 1.95. The van der Waals surface area contributed by atoms with Crippen molar-refractivity contribution in [1.82, 2.24) is 9.97 Å². The molecule has 0 unspecified atom stereocenters. The van der Waals surface area contributed by atoms with Crippen molar-refractivity contribution in [3.8, 4) is 10.6 Å². The molecule has 0 saturated heterocycles. The normalized spacial score (nSPS) is 10.4. The predicted molar refractivity (Wildman–Crippen MR) is 62.5 cm³/mol. The second-order valence-corrected chi connectivity index (χ2v) is 4.96. The lowest BCUT2D eigenvalue weighted by Gasteiger charge is -1.97. The monoisotopic (exact) mass is 242 g/mol. The van der Waals surface area contributed by atoms with Crippen molar-refractivity contribution in [2.45, 2.75) is 6.92 Å². The first kappa shape index (κ1) is 9.83. The van der Waals surface area contributed by atoms with Gasteiger partial charge in [-0.1, -0.05) is 11.6 Å². The standard InChI is InChI=1S/C9H7ClN2S2/c1-5-4-6(12-9(13)11-5)7-2-3-8(10)14-7/h2-4H,1H3,(H,11,12,13). The number of nitrogens with zero attached hydrogens (tertiary/aromatic N) is 1. The molecule has 5 heteroatoms.